The van der Waals surface area contributed by atoms with Gasteiger partial charge in [0.2, 0.25) is 0 Å². The second kappa shape index (κ2) is 4.77. The summed E-state index contributed by atoms with van der Waals surface area (Å²) in [6.45, 7) is 0. The number of alkyl halides is 3. The molecule has 0 aliphatic carbocycles. The fourth-order valence-corrected chi connectivity index (χ4v) is 2.42. The first-order valence-corrected chi connectivity index (χ1v) is 6.26. The summed E-state index contributed by atoms with van der Waals surface area (Å²) in [7, 11) is 0. The topological polar surface area (TPSA) is 78.5 Å². The quantitative estimate of drug-likeness (QED) is 0.719. The van der Waals surface area contributed by atoms with Crippen molar-refractivity contribution in [1.29, 1.82) is 5.26 Å². The van der Waals surface area contributed by atoms with E-state index in [2.05, 4.69) is 10.2 Å². The summed E-state index contributed by atoms with van der Waals surface area (Å²) in [5.41, 5.74) is 5.40. The Morgan fingerprint density at radius 1 is 1.18 bits per heavy atom. The molecule has 0 spiro atoms. The molecular weight excluding hydrogens is 293 g/mol. The summed E-state index contributed by atoms with van der Waals surface area (Å²) >= 11 is 0. The first kappa shape index (κ1) is 13.9. The summed E-state index contributed by atoms with van der Waals surface area (Å²) in [4.78, 5) is 0. The molecule has 7 heteroatoms. The van der Waals surface area contributed by atoms with Crippen molar-refractivity contribution in [3.8, 4) is 17.2 Å². The van der Waals surface area contributed by atoms with Crippen LogP contribution < -0.4 is 5.73 Å². The number of nitriles is 1. The van der Waals surface area contributed by atoms with Gasteiger partial charge in [0.25, 0.3) is 0 Å². The van der Waals surface area contributed by atoms with Crippen molar-refractivity contribution in [2.24, 2.45) is 0 Å². The highest BCUT2D eigenvalue weighted by Crippen LogP contribution is 2.41. The number of fused-ring (bicyclic) bond motifs is 1. The number of H-pyrrole nitrogens is 1. The standard InChI is InChI=1S/C15H9F3N4/c16-15(17,18)11-6-9(8-4-2-1-3-5-8)10(7-19)13-12(11)14(20)22-21-13/h1-6H,(H3,20,21,22). The van der Waals surface area contributed by atoms with Crippen LogP contribution >= 0.6 is 0 Å². The van der Waals surface area contributed by atoms with Crippen LogP contribution in [0.5, 0.6) is 0 Å². The number of nitrogens with two attached hydrogens (primary N) is 1. The number of nitrogen functional groups attached to an aromatic ring is 1. The average Bonchev–Trinajstić information content (AvgIpc) is 2.87. The van der Waals surface area contributed by atoms with E-state index in [9.17, 15) is 18.4 Å². The third-order valence-corrected chi connectivity index (χ3v) is 3.37. The number of aromatic nitrogens is 2. The van der Waals surface area contributed by atoms with Gasteiger partial charge < -0.3 is 5.73 Å². The largest absolute Gasteiger partial charge is 0.417 e. The molecule has 3 N–H and O–H groups in total. The zero-order valence-corrected chi connectivity index (χ0v) is 11.1. The number of nitrogens with one attached hydrogen (secondary N) is 1. The summed E-state index contributed by atoms with van der Waals surface area (Å²) in [5.74, 6) is -0.279. The average molecular weight is 302 g/mol. The molecule has 0 aliphatic heterocycles. The maximum absolute atomic E-state index is 13.3. The van der Waals surface area contributed by atoms with Gasteiger partial charge in [0.15, 0.2) is 5.82 Å². The van der Waals surface area contributed by atoms with E-state index >= 15 is 0 Å². The lowest BCUT2D eigenvalue weighted by atomic mass is 9.94. The van der Waals surface area contributed by atoms with Crippen LogP contribution in [0.4, 0.5) is 19.0 Å². The molecule has 0 fully saturated rings. The van der Waals surface area contributed by atoms with Crippen LogP contribution in [0, 0.1) is 11.3 Å². The van der Waals surface area contributed by atoms with Crippen molar-refractivity contribution in [1.82, 2.24) is 10.2 Å². The Morgan fingerprint density at radius 2 is 1.86 bits per heavy atom. The third kappa shape index (κ3) is 2.05. The SMILES string of the molecule is N#Cc1c(-c2ccccc2)cc(C(F)(F)F)c2c(N)n[nH]c12. The predicted molar refractivity (Wildman–Crippen MR) is 75.7 cm³/mol. The molecule has 0 aliphatic rings. The second-order valence-electron chi connectivity index (χ2n) is 4.68. The van der Waals surface area contributed by atoms with Crippen LogP contribution in [0.3, 0.4) is 0 Å². The Bertz CT molecular complexity index is 889. The fraction of sp³-hybridized carbons (Fsp3) is 0.0667. The smallest absolute Gasteiger partial charge is 0.382 e. The van der Waals surface area contributed by atoms with E-state index in [-0.39, 0.29) is 27.8 Å². The van der Waals surface area contributed by atoms with E-state index in [1.165, 1.54) is 0 Å². The van der Waals surface area contributed by atoms with Crippen molar-refractivity contribution < 1.29 is 13.2 Å². The van der Waals surface area contributed by atoms with E-state index in [4.69, 9.17) is 5.73 Å². The van der Waals surface area contributed by atoms with Crippen molar-refractivity contribution in [3.05, 3.63) is 47.5 Å². The van der Waals surface area contributed by atoms with Gasteiger partial charge in [0.1, 0.15) is 6.07 Å². The monoisotopic (exact) mass is 302 g/mol. The molecule has 0 atom stereocenters. The van der Waals surface area contributed by atoms with E-state index in [0.29, 0.717) is 5.56 Å². The molecular formula is C15H9F3N4. The van der Waals surface area contributed by atoms with Crippen LogP contribution in [0.1, 0.15) is 11.1 Å². The van der Waals surface area contributed by atoms with Gasteiger partial charge in [-0.15, -0.1) is 0 Å². The highest BCUT2D eigenvalue weighted by atomic mass is 19.4. The zero-order chi connectivity index (χ0) is 15.9. The van der Waals surface area contributed by atoms with Gasteiger partial charge in [0, 0.05) is 5.56 Å². The second-order valence-corrected chi connectivity index (χ2v) is 4.68. The highest BCUT2D eigenvalue weighted by molar-refractivity contribution is 6.00. The lowest BCUT2D eigenvalue weighted by molar-refractivity contribution is -0.136. The lowest BCUT2D eigenvalue weighted by Crippen LogP contribution is -2.07. The number of hydrogen-bond acceptors (Lipinski definition) is 3. The predicted octanol–water partition coefficient (Wildman–Crippen LogP) is 3.70. The molecule has 1 heterocycles. The van der Waals surface area contributed by atoms with Crippen LogP contribution in [0.25, 0.3) is 22.0 Å². The maximum atomic E-state index is 13.3. The fourth-order valence-electron chi connectivity index (χ4n) is 2.42. The van der Waals surface area contributed by atoms with Crippen molar-refractivity contribution in [2.45, 2.75) is 6.18 Å². The molecule has 0 saturated carbocycles. The Labute approximate surface area is 123 Å². The molecule has 4 nitrogen and oxygen atoms in total. The van der Waals surface area contributed by atoms with Gasteiger partial charge >= 0.3 is 6.18 Å². The third-order valence-electron chi connectivity index (χ3n) is 3.37. The number of anilines is 1. The number of rotatable bonds is 1. The summed E-state index contributed by atoms with van der Waals surface area (Å²) in [6, 6.07) is 11.3. The van der Waals surface area contributed by atoms with Gasteiger partial charge in [-0.05, 0) is 11.6 Å². The molecule has 3 aromatic rings. The van der Waals surface area contributed by atoms with Crippen LogP contribution in [0.15, 0.2) is 36.4 Å². The molecule has 0 amide bonds. The van der Waals surface area contributed by atoms with Gasteiger partial charge in [-0.3, -0.25) is 5.10 Å². The first-order chi connectivity index (χ1) is 10.4. The minimum Gasteiger partial charge on any atom is -0.382 e. The summed E-state index contributed by atoms with van der Waals surface area (Å²) < 4.78 is 40.0. The number of aromatic amines is 1. The van der Waals surface area contributed by atoms with Crippen molar-refractivity contribution >= 4 is 16.7 Å². The zero-order valence-electron chi connectivity index (χ0n) is 11.1. The van der Waals surface area contributed by atoms with Gasteiger partial charge in [0.05, 0.1) is 22.0 Å². The molecule has 3 rings (SSSR count). The van der Waals surface area contributed by atoms with Crippen LogP contribution in [0.2, 0.25) is 0 Å². The van der Waals surface area contributed by atoms with Crippen LogP contribution in [-0.4, -0.2) is 10.2 Å². The Hall–Kier alpha value is -3.01. The molecule has 22 heavy (non-hydrogen) atoms. The Kier molecular flexibility index (Phi) is 3.03. The Balaban J connectivity index is 2.47. The first-order valence-electron chi connectivity index (χ1n) is 6.26. The van der Waals surface area contributed by atoms with Gasteiger partial charge in [-0.2, -0.15) is 23.5 Å². The Morgan fingerprint density at radius 3 is 2.45 bits per heavy atom. The van der Waals surface area contributed by atoms with E-state index < -0.39 is 11.7 Å². The minimum atomic E-state index is -4.60. The lowest BCUT2D eigenvalue weighted by Gasteiger charge is -2.13. The van der Waals surface area contributed by atoms with Gasteiger partial charge in [-0.1, -0.05) is 30.3 Å². The molecule has 0 unspecified atom stereocenters. The molecule has 1 aromatic heterocycles. The number of benzene rings is 2. The molecule has 2 aromatic carbocycles. The van der Waals surface area contributed by atoms with E-state index in [1.54, 1.807) is 30.3 Å². The normalized spacial score (nSPS) is 11.5. The van der Waals surface area contributed by atoms with Gasteiger partial charge in [-0.25, -0.2) is 0 Å². The van der Waals surface area contributed by atoms with E-state index in [1.807, 2.05) is 6.07 Å². The molecule has 0 radical (unpaired) electrons. The minimum absolute atomic E-state index is 0.00585. The highest BCUT2D eigenvalue weighted by Gasteiger charge is 2.36. The molecule has 110 valence electrons. The van der Waals surface area contributed by atoms with Crippen molar-refractivity contribution in [3.63, 3.8) is 0 Å². The summed E-state index contributed by atoms with van der Waals surface area (Å²) in [5, 5.41) is 15.1. The van der Waals surface area contributed by atoms with E-state index in [0.717, 1.165) is 6.07 Å². The number of nitrogens with zero attached hydrogens (tertiary/aromatic N) is 2. The maximum Gasteiger partial charge on any atom is 0.417 e. The number of halogens is 3. The molecule has 0 bridgehead atoms. The summed E-state index contributed by atoms with van der Waals surface area (Å²) in [6.07, 6.45) is -4.60. The van der Waals surface area contributed by atoms with Crippen molar-refractivity contribution in [2.75, 3.05) is 5.73 Å². The number of hydrogen-bond donors (Lipinski definition) is 2. The van der Waals surface area contributed by atoms with Crippen LogP contribution in [-0.2, 0) is 6.18 Å². The molecule has 0 saturated heterocycles.